The molecular weight excluding hydrogens is 252 g/mol. The molecule has 0 aliphatic rings. The Bertz CT molecular complexity index is 358. The van der Waals surface area contributed by atoms with Crippen LogP contribution in [-0.4, -0.2) is 5.11 Å². The summed E-state index contributed by atoms with van der Waals surface area (Å²) in [6.45, 7) is 3.97. The van der Waals surface area contributed by atoms with Gasteiger partial charge >= 0.3 is 0 Å². The van der Waals surface area contributed by atoms with E-state index in [1.807, 2.05) is 13.8 Å². The van der Waals surface area contributed by atoms with Crippen molar-refractivity contribution in [3.8, 4) is 5.75 Å². The van der Waals surface area contributed by atoms with Gasteiger partial charge in [0.2, 0.25) is 0 Å². The maximum atomic E-state index is 13.4. The minimum atomic E-state index is -0.524. The summed E-state index contributed by atoms with van der Waals surface area (Å²) in [6, 6.07) is 2.01. The minimum Gasteiger partial charge on any atom is -0.506 e. The van der Waals surface area contributed by atoms with Gasteiger partial charge in [-0.1, -0.05) is 25.4 Å². The number of phenols is 1. The summed E-state index contributed by atoms with van der Waals surface area (Å²) in [6.07, 6.45) is 0.602. The van der Waals surface area contributed by atoms with E-state index in [9.17, 15) is 9.50 Å². The summed E-state index contributed by atoms with van der Waals surface area (Å²) < 4.78 is 13.4. The van der Waals surface area contributed by atoms with Crippen LogP contribution in [0.4, 0.5) is 4.39 Å². The Kier molecular flexibility index (Phi) is 6.08. The van der Waals surface area contributed by atoms with Crippen LogP contribution >= 0.6 is 24.0 Å². The van der Waals surface area contributed by atoms with Crippen LogP contribution in [0.15, 0.2) is 12.1 Å². The van der Waals surface area contributed by atoms with Crippen LogP contribution in [0.1, 0.15) is 31.9 Å². The molecule has 2 nitrogen and oxygen atoms in total. The number of benzene rings is 1. The number of halogens is 3. The maximum Gasteiger partial charge on any atom is 0.141 e. The maximum absolute atomic E-state index is 13.4. The number of aromatic hydroxyl groups is 1. The Morgan fingerprint density at radius 1 is 1.44 bits per heavy atom. The highest BCUT2D eigenvalue weighted by molar-refractivity contribution is 6.32. The van der Waals surface area contributed by atoms with Gasteiger partial charge in [0.1, 0.15) is 11.6 Å². The predicted octanol–water partition coefficient (Wildman–Crippen LogP) is 3.65. The van der Waals surface area contributed by atoms with Crippen LogP contribution in [0, 0.1) is 11.7 Å². The highest BCUT2D eigenvalue weighted by atomic mass is 35.5. The molecule has 0 aromatic heterocycles. The third kappa shape index (κ3) is 3.51. The van der Waals surface area contributed by atoms with Gasteiger partial charge in [-0.15, -0.1) is 12.4 Å². The molecule has 1 aromatic carbocycles. The average molecular weight is 268 g/mol. The van der Waals surface area contributed by atoms with E-state index in [1.54, 1.807) is 0 Å². The minimum absolute atomic E-state index is 0. The monoisotopic (exact) mass is 267 g/mol. The van der Waals surface area contributed by atoms with E-state index in [0.29, 0.717) is 12.3 Å². The molecule has 0 radical (unpaired) electrons. The normalized spacial score (nSPS) is 12.4. The second kappa shape index (κ2) is 6.28. The number of phenolic OH excluding ortho intramolecular Hbond substituents is 1. The third-order valence-corrected chi connectivity index (χ3v) is 2.52. The van der Waals surface area contributed by atoms with Gasteiger partial charge in [0.25, 0.3) is 0 Å². The second-order valence-corrected chi connectivity index (χ2v) is 4.43. The molecule has 0 fully saturated rings. The van der Waals surface area contributed by atoms with Gasteiger partial charge in [0.15, 0.2) is 0 Å². The molecule has 0 amide bonds. The lowest BCUT2D eigenvalue weighted by Crippen LogP contribution is -2.14. The van der Waals surface area contributed by atoms with E-state index < -0.39 is 11.9 Å². The van der Waals surface area contributed by atoms with Crippen molar-refractivity contribution in [3.63, 3.8) is 0 Å². The van der Waals surface area contributed by atoms with Crippen LogP contribution in [0.3, 0.4) is 0 Å². The standard InChI is InChI=1S/C11H15ClFNO.ClH/c1-6(2)5-9(14)10-8(13)4-3-7(12)11(10)15;/h3-4,6,9,15H,5,14H2,1-2H3;1H/t9-;/m0./s1. The molecule has 92 valence electrons. The van der Waals surface area contributed by atoms with Gasteiger partial charge in [-0.05, 0) is 24.5 Å². The Labute approximate surface area is 106 Å². The van der Waals surface area contributed by atoms with E-state index in [4.69, 9.17) is 17.3 Å². The molecule has 0 bridgehead atoms. The van der Waals surface area contributed by atoms with Gasteiger partial charge in [-0.3, -0.25) is 0 Å². The molecular formula is C11H16Cl2FNO. The summed E-state index contributed by atoms with van der Waals surface area (Å²) >= 11 is 5.69. The van der Waals surface area contributed by atoms with Crippen LogP contribution in [0.2, 0.25) is 5.02 Å². The Balaban J connectivity index is 0.00000225. The predicted molar refractivity (Wildman–Crippen MR) is 66.7 cm³/mol. The van der Waals surface area contributed by atoms with Crippen molar-refractivity contribution in [3.05, 3.63) is 28.5 Å². The highest BCUT2D eigenvalue weighted by Crippen LogP contribution is 2.34. The van der Waals surface area contributed by atoms with Crippen molar-refractivity contribution in [2.45, 2.75) is 26.3 Å². The van der Waals surface area contributed by atoms with E-state index >= 15 is 0 Å². The second-order valence-electron chi connectivity index (χ2n) is 4.03. The lowest BCUT2D eigenvalue weighted by molar-refractivity contribution is 0.430. The first kappa shape index (κ1) is 15.5. The Hall–Kier alpha value is -0.510. The molecule has 0 unspecified atom stereocenters. The van der Waals surface area contributed by atoms with Gasteiger partial charge in [0, 0.05) is 11.6 Å². The summed E-state index contributed by atoms with van der Waals surface area (Å²) in [7, 11) is 0. The van der Waals surface area contributed by atoms with E-state index in [2.05, 4.69) is 0 Å². The van der Waals surface area contributed by atoms with Crippen molar-refractivity contribution in [2.75, 3.05) is 0 Å². The molecule has 0 heterocycles. The fourth-order valence-corrected chi connectivity index (χ4v) is 1.70. The zero-order valence-electron chi connectivity index (χ0n) is 9.21. The zero-order valence-corrected chi connectivity index (χ0v) is 10.8. The van der Waals surface area contributed by atoms with Gasteiger partial charge in [-0.2, -0.15) is 0 Å². The lowest BCUT2D eigenvalue weighted by atomic mass is 9.97. The summed E-state index contributed by atoms with van der Waals surface area (Å²) in [4.78, 5) is 0. The fraction of sp³-hybridized carbons (Fsp3) is 0.455. The lowest BCUT2D eigenvalue weighted by Gasteiger charge is -2.17. The molecule has 0 aliphatic carbocycles. The first-order valence-electron chi connectivity index (χ1n) is 4.86. The Morgan fingerprint density at radius 2 is 2.00 bits per heavy atom. The molecule has 1 rings (SSSR count). The van der Waals surface area contributed by atoms with Crippen LogP contribution in [-0.2, 0) is 0 Å². The highest BCUT2D eigenvalue weighted by Gasteiger charge is 2.19. The summed E-state index contributed by atoms with van der Waals surface area (Å²) in [5, 5.41) is 9.74. The average Bonchev–Trinajstić information content (AvgIpc) is 2.11. The van der Waals surface area contributed by atoms with Crippen LogP contribution in [0.5, 0.6) is 5.75 Å². The smallest absolute Gasteiger partial charge is 0.141 e. The van der Waals surface area contributed by atoms with Crippen molar-refractivity contribution < 1.29 is 9.50 Å². The van der Waals surface area contributed by atoms with Crippen molar-refractivity contribution >= 4 is 24.0 Å². The molecule has 1 aromatic rings. The van der Waals surface area contributed by atoms with Crippen LogP contribution in [0.25, 0.3) is 0 Å². The summed E-state index contributed by atoms with van der Waals surface area (Å²) in [5.41, 5.74) is 5.92. The van der Waals surface area contributed by atoms with Gasteiger partial charge < -0.3 is 10.8 Å². The number of hydrogen-bond donors (Lipinski definition) is 2. The number of hydrogen-bond acceptors (Lipinski definition) is 2. The third-order valence-electron chi connectivity index (χ3n) is 2.21. The SMILES string of the molecule is CC(C)C[C@H](N)c1c(F)ccc(Cl)c1O.Cl. The zero-order chi connectivity index (χ0) is 11.6. The Morgan fingerprint density at radius 3 is 2.50 bits per heavy atom. The molecule has 0 aliphatic heterocycles. The quantitative estimate of drug-likeness (QED) is 0.878. The van der Waals surface area contributed by atoms with Crippen molar-refractivity contribution in [1.82, 2.24) is 0 Å². The van der Waals surface area contributed by atoms with E-state index in [-0.39, 0.29) is 28.7 Å². The van der Waals surface area contributed by atoms with Crippen LogP contribution < -0.4 is 5.73 Å². The first-order valence-corrected chi connectivity index (χ1v) is 5.23. The molecule has 5 heteroatoms. The molecule has 1 atom stereocenters. The number of rotatable bonds is 3. The van der Waals surface area contributed by atoms with Crippen molar-refractivity contribution in [2.24, 2.45) is 11.7 Å². The van der Waals surface area contributed by atoms with Gasteiger partial charge in [0.05, 0.1) is 5.02 Å². The molecule has 16 heavy (non-hydrogen) atoms. The summed E-state index contributed by atoms with van der Waals surface area (Å²) in [5.74, 6) is -0.423. The number of nitrogens with two attached hydrogens (primary N) is 1. The van der Waals surface area contributed by atoms with E-state index in [1.165, 1.54) is 12.1 Å². The van der Waals surface area contributed by atoms with E-state index in [0.717, 1.165) is 0 Å². The van der Waals surface area contributed by atoms with Gasteiger partial charge in [-0.25, -0.2) is 4.39 Å². The largest absolute Gasteiger partial charge is 0.506 e. The molecule has 0 spiro atoms. The van der Waals surface area contributed by atoms with Crippen molar-refractivity contribution in [1.29, 1.82) is 0 Å². The molecule has 0 saturated carbocycles. The molecule has 3 N–H and O–H groups in total. The first-order chi connectivity index (χ1) is 6.93. The topological polar surface area (TPSA) is 46.2 Å². The molecule has 0 saturated heterocycles. The fourth-order valence-electron chi connectivity index (χ4n) is 1.54.